The molecule has 9 heteroatoms. The Kier molecular flexibility index (Phi) is 8.73. The van der Waals surface area contributed by atoms with E-state index >= 15 is 0 Å². The van der Waals surface area contributed by atoms with E-state index in [0.29, 0.717) is 44.7 Å². The van der Waals surface area contributed by atoms with E-state index in [-0.39, 0.29) is 11.8 Å². The zero-order valence-electron chi connectivity index (χ0n) is 34.0. The van der Waals surface area contributed by atoms with Crippen molar-refractivity contribution in [1.29, 1.82) is 5.41 Å². The molecule has 9 nitrogen and oxygen atoms in total. The summed E-state index contributed by atoms with van der Waals surface area (Å²) in [5.74, 6) is 1.21. The van der Waals surface area contributed by atoms with Gasteiger partial charge in [0.25, 0.3) is 0 Å². The van der Waals surface area contributed by atoms with Gasteiger partial charge in [0, 0.05) is 17.7 Å². The van der Waals surface area contributed by atoms with E-state index in [1.807, 2.05) is 90.1 Å². The maximum absolute atomic E-state index is 10.1. The lowest BCUT2D eigenvalue weighted by Crippen LogP contribution is -2.40. The average molecular weight is 764 g/mol. The maximum atomic E-state index is 10.1. The largest absolute Gasteiger partial charge is 0.496 e. The quantitative estimate of drug-likeness (QED) is 0.124. The molecule has 2 aliphatic heterocycles. The molecule has 9 rings (SSSR count). The van der Waals surface area contributed by atoms with Crippen molar-refractivity contribution in [3.05, 3.63) is 154 Å². The molecule has 3 aliphatic rings. The number of rotatable bonds is 8. The van der Waals surface area contributed by atoms with Crippen LogP contribution in [0.3, 0.4) is 0 Å². The summed E-state index contributed by atoms with van der Waals surface area (Å²) in [7, 11) is 3.31. The normalized spacial score (nSPS) is 17.0. The third kappa shape index (κ3) is 6.09. The van der Waals surface area contributed by atoms with Crippen LogP contribution in [0.4, 0.5) is 11.4 Å². The number of benzene rings is 6. The van der Waals surface area contributed by atoms with Crippen LogP contribution in [-0.4, -0.2) is 43.0 Å². The monoisotopic (exact) mass is 763 g/mol. The second kappa shape index (κ2) is 13.7. The molecule has 0 unspecified atom stereocenters. The van der Waals surface area contributed by atoms with Gasteiger partial charge in [-0.1, -0.05) is 78.9 Å². The Labute approximate surface area is 337 Å². The van der Waals surface area contributed by atoms with Gasteiger partial charge >= 0.3 is 0 Å². The first-order valence-electron chi connectivity index (χ1n) is 19.6. The lowest BCUT2D eigenvalue weighted by atomic mass is 9.89. The van der Waals surface area contributed by atoms with Crippen molar-refractivity contribution in [2.45, 2.75) is 58.9 Å². The second-order valence-corrected chi connectivity index (χ2v) is 16.1. The first-order chi connectivity index (χ1) is 27.9. The highest BCUT2D eigenvalue weighted by atomic mass is 16.5. The maximum Gasteiger partial charge on any atom is 0.146 e. The molecule has 2 heterocycles. The number of nitrogens with one attached hydrogen (secondary N) is 1. The first-order valence-corrected chi connectivity index (χ1v) is 19.6. The predicted molar refractivity (Wildman–Crippen MR) is 234 cm³/mol. The topological polar surface area (TPSA) is 107 Å². The minimum atomic E-state index is -0.764. The molecule has 0 saturated heterocycles. The zero-order chi connectivity index (χ0) is 40.5. The number of hydrogen-bond acceptors (Lipinski definition) is 9. The number of aliphatic imine (C=N–C) groups is 1. The minimum Gasteiger partial charge on any atom is -0.496 e. The van der Waals surface area contributed by atoms with Crippen molar-refractivity contribution in [3.63, 3.8) is 0 Å². The van der Waals surface area contributed by atoms with Gasteiger partial charge in [0.2, 0.25) is 0 Å². The SMILES string of the molecule is COC1=C(c2ccccc2)C(=NC(C)C)C(=N)C(N(c2ccc(OC)c3c2=NC(C)(C)N=3)c2ccc(-c3c4ccccc4cc4ccccc34)c3c2=NC(C)(C)N=3)=C1. The molecular formula is C49H45N7O2. The van der Waals surface area contributed by atoms with Gasteiger partial charge in [-0.3, -0.25) is 25.4 Å². The molecule has 1 aliphatic carbocycles. The molecule has 0 aromatic heterocycles. The fourth-order valence-corrected chi connectivity index (χ4v) is 8.37. The molecule has 58 heavy (non-hydrogen) atoms. The lowest BCUT2D eigenvalue weighted by molar-refractivity contribution is 0.309. The van der Waals surface area contributed by atoms with Crippen LogP contribution in [0.25, 0.3) is 38.2 Å². The van der Waals surface area contributed by atoms with Gasteiger partial charge in [-0.05, 0) is 105 Å². The molecule has 6 aromatic carbocycles. The van der Waals surface area contributed by atoms with E-state index in [0.717, 1.165) is 54.9 Å². The summed E-state index contributed by atoms with van der Waals surface area (Å²) < 4.78 is 12.1. The van der Waals surface area contributed by atoms with Gasteiger partial charge in [0.15, 0.2) is 0 Å². The Morgan fingerprint density at radius 3 is 1.79 bits per heavy atom. The van der Waals surface area contributed by atoms with Crippen LogP contribution in [-0.2, 0) is 4.74 Å². The molecule has 1 N–H and O–H groups in total. The lowest BCUT2D eigenvalue weighted by Gasteiger charge is -2.32. The number of ether oxygens (including phenoxy) is 2. The average Bonchev–Trinajstić information content (AvgIpc) is 3.72. The summed E-state index contributed by atoms with van der Waals surface area (Å²) >= 11 is 0. The second-order valence-electron chi connectivity index (χ2n) is 16.1. The van der Waals surface area contributed by atoms with Crippen molar-refractivity contribution in [1.82, 2.24) is 0 Å². The van der Waals surface area contributed by atoms with Crippen LogP contribution >= 0.6 is 0 Å². The van der Waals surface area contributed by atoms with E-state index in [4.69, 9.17) is 34.4 Å². The van der Waals surface area contributed by atoms with Crippen LogP contribution in [0, 0.1) is 5.41 Å². The third-order valence-corrected chi connectivity index (χ3v) is 10.7. The Balaban J connectivity index is 1.40. The number of methoxy groups -OCH3 is 2. The van der Waals surface area contributed by atoms with Crippen molar-refractivity contribution >= 4 is 49.9 Å². The Hall–Kier alpha value is -6.74. The minimum absolute atomic E-state index is 0.103. The highest BCUT2D eigenvalue weighted by molar-refractivity contribution is 6.63. The Bertz CT molecular complexity index is 3030. The van der Waals surface area contributed by atoms with E-state index in [1.165, 1.54) is 0 Å². The summed E-state index contributed by atoms with van der Waals surface area (Å²) in [6, 6.07) is 37.3. The fraction of sp³-hybridized carbons (Fsp3) is 0.224. The van der Waals surface area contributed by atoms with Crippen LogP contribution < -0.4 is 31.1 Å². The molecule has 288 valence electrons. The molecule has 0 radical (unpaired) electrons. The Morgan fingerprint density at radius 2 is 1.19 bits per heavy atom. The third-order valence-electron chi connectivity index (χ3n) is 10.7. The van der Waals surface area contributed by atoms with E-state index in [1.54, 1.807) is 14.2 Å². The van der Waals surface area contributed by atoms with E-state index in [2.05, 4.69) is 71.6 Å². The zero-order valence-corrected chi connectivity index (χ0v) is 34.0. The van der Waals surface area contributed by atoms with Gasteiger partial charge in [0.1, 0.15) is 44.6 Å². The van der Waals surface area contributed by atoms with Crippen LogP contribution in [0.15, 0.2) is 152 Å². The highest BCUT2D eigenvalue weighted by Gasteiger charge is 2.35. The first kappa shape index (κ1) is 36.9. The number of hydrogen-bond donors (Lipinski definition) is 1. The molecule has 0 fully saturated rings. The van der Waals surface area contributed by atoms with Gasteiger partial charge in [-0.15, -0.1) is 0 Å². The summed E-state index contributed by atoms with van der Waals surface area (Å²) in [5, 5.41) is 17.5. The van der Waals surface area contributed by atoms with Gasteiger partial charge in [0.05, 0.1) is 47.9 Å². The van der Waals surface area contributed by atoms with Crippen LogP contribution in [0.1, 0.15) is 47.1 Å². The molecule has 6 aromatic rings. The number of anilines is 2. The number of nitrogens with zero attached hydrogens (tertiary/aromatic N) is 6. The Morgan fingerprint density at radius 1 is 0.638 bits per heavy atom. The standard InChI is InChI=1S/C49H45N7O2/c1-28(2)51-47-40(29-16-10-9-11-17-29)39(58-8)27-37(42(47)50)56(36-24-25-38(57-7)46-45(36)54-49(5,6)55-46)35-23-22-34(43-44(35)53-48(3,4)52-43)41-32-20-14-12-18-30(32)26-31-19-13-15-21-33(31)41/h9-28,50H,1-8H3. The molecule has 0 amide bonds. The predicted octanol–water partition coefficient (Wildman–Crippen LogP) is 8.61. The van der Waals surface area contributed by atoms with Crippen molar-refractivity contribution in [2.75, 3.05) is 19.1 Å². The van der Waals surface area contributed by atoms with Gasteiger partial charge in [-0.25, -0.2) is 4.99 Å². The molecule has 0 spiro atoms. The molecule has 0 saturated carbocycles. The van der Waals surface area contributed by atoms with E-state index < -0.39 is 11.3 Å². The molecular weight excluding hydrogens is 719 g/mol. The van der Waals surface area contributed by atoms with Gasteiger partial charge in [-0.2, -0.15) is 0 Å². The summed E-state index contributed by atoms with van der Waals surface area (Å²) in [4.78, 5) is 28.1. The molecule has 0 bridgehead atoms. The van der Waals surface area contributed by atoms with E-state index in [9.17, 15) is 5.41 Å². The van der Waals surface area contributed by atoms with Crippen molar-refractivity contribution in [2.24, 2.45) is 25.0 Å². The summed E-state index contributed by atoms with van der Waals surface area (Å²) in [5.41, 5.74) is 5.03. The number of allylic oxidation sites excluding steroid dienone is 3. The summed E-state index contributed by atoms with van der Waals surface area (Å²) in [6.45, 7) is 12.1. The van der Waals surface area contributed by atoms with Crippen molar-refractivity contribution in [3.8, 4) is 16.9 Å². The summed E-state index contributed by atoms with van der Waals surface area (Å²) in [6.07, 6.45) is 1.94. The van der Waals surface area contributed by atoms with Crippen LogP contribution in [0.2, 0.25) is 0 Å². The smallest absolute Gasteiger partial charge is 0.146 e. The molecule has 0 atom stereocenters. The number of fused-ring (bicyclic) bond motifs is 4. The van der Waals surface area contributed by atoms with Crippen molar-refractivity contribution < 1.29 is 9.47 Å². The highest BCUT2D eigenvalue weighted by Crippen LogP contribution is 2.39. The van der Waals surface area contributed by atoms with Crippen LogP contribution in [0.5, 0.6) is 5.75 Å². The fourth-order valence-electron chi connectivity index (χ4n) is 8.37. The van der Waals surface area contributed by atoms with Gasteiger partial charge < -0.3 is 14.4 Å².